The van der Waals surface area contributed by atoms with Crippen LogP contribution in [0.4, 0.5) is 4.79 Å². The number of aliphatic carboxylic acids is 1. The van der Waals surface area contributed by atoms with Crippen molar-refractivity contribution < 1.29 is 19.1 Å². The number of hydrogen-bond acceptors (Lipinski definition) is 4. The predicted molar refractivity (Wildman–Crippen MR) is 70.9 cm³/mol. The van der Waals surface area contributed by atoms with Crippen LogP contribution < -0.4 is 5.32 Å². The van der Waals surface area contributed by atoms with E-state index in [1.807, 2.05) is 19.9 Å². The van der Waals surface area contributed by atoms with E-state index in [-0.39, 0.29) is 17.9 Å². The summed E-state index contributed by atoms with van der Waals surface area (Å²) >= 11 is 1.46. The molecule has 2 atom stereocenters. The molecule has 0 spiro atoms. The number of nitrogens with one attached hydrogen (secondary N) is 1. The Labute approximate surface area is 115 Å². The third-order valence-corrected chi connectivity index (χ3v) is 4.17. The van der Waals surface area contributed by atoms with E-state index in [0.29, 0.717) is 11.5 Å². The van der Waals surface area contributed by atoms with Crippen molar-refractivity contribution in [2.45, 2.75) is 31.8 Å². The summed E-state index contributed by atoms with van der Waals surface area (Å²) in [4.78, 5) is 24.5. The molecule has 7 heteroatoms. The summed E-state index contributed by atoms with van der Waals surface area (Å²) in [5.41, 5.74) is 0. The molecule has 0 saturated carbocycles. The maximum Gasteiger partial charge on any atom is 0.327 e. The van der Waals surface area contributed by atoms with Crippen molar-refractivity contribution in [1.82, 2.24) is 10.2 Å². The maximum atomic E-state index is 12.0. The molecule has 2 heterocycles. The van der Waals surface area contributed by atoms with Gasteiger partial charge in [0.25, 0.3) is 0 Å². The van der Waals surface area contributed by atoms with E-state index < -0.39 is 12.0 Å². The van der Waals surface area contributed by atoms with Crippen molar-refractivity contribution in [3.63, 3.8) is 0 Å². The van der Waals surface area contributed by atoms with Gasteiger partial charge in [-0.3, -0.25) is 4.90 Å². The van der Waals surface area contributed by atoms with Crippen LogP contribution in [0.25, 0.3) is 0 Å². The summed E-state index contributed by atoms with van der Waals surface area (Å²) in [6.07, 6.45) is 0. The highest BCUT2D eigenvalue weighted by Gasteiger charge is 2.39. The van der Waals surface area contributed by atoms with Crippen LogP contribution in [0.3, 0.4) is 0 Å². The summed E-state index contributed by atoms with van der Waals surface area (Å²) in [5, 5.41) is 11.6. The van der Waals surface area contributed by atoms with Crippen LogP contribution in [-0.2, 0) is 11.3 Å². The summed E-state index contributed by atoms with van der Waals surface area (Å²) in [6.45, 7) is 3.90. The first-order chi connectivity index (χ1) is 8.99. The molecule has 1 aliphatic heterocycles. The molecule has 2 N–H and O–H groups in total. The lowest BCUT2D eigenvalue weighted by molar-refractivity contribution is -0.141. The van der Waals surface area contributed by atoms with Crippen LogP contribution in [0.2, 0.25) is 0 Å². The number of thioether (sulfide) groups is 1. The fraction of sp³-hybridized carbons (Fsp3) is 0.500. The van der Waals surface area contributed by atoms with E-state index >= 15 is 0 Å². The number of carboxylic acid groups (broad SMARTS) is 1. The van der Waals surface area contributed by atoms with Gasteiger partial charge in [-0.15, -0.1) is 11.8 Å². The molecule has 0 aliphatic carbocycles. The number of furan rings is 1. The molecule has 0 bridgehead atoms. The Morgan fingerprint density at radius 1 is 1.58 bits per heavy atom. The van der Waals surface area contributed by atoms with Gasteiger partial charge in [0.2, 0.25) is 0 Å². The smallest absolute Gasteiger partial charge is 0.327 e. The molecular formula is C12H16N2O4S. The van der Waals surface area contributed by atoms with Crippen LogP contribution in [-0.4, -0.2) is 39.2 Å². The minimum absolute atomic E-state index is 0.139. The lowest BCUT2D eigenvalue weighted by Gasteiger charge is -2.24. The average Bonchev–Trinajstić information content (AvgIpc) is 2.92. The number of carbonyl (C=O) groups excluding carboxylic acids is 1. The van der Waals surface area contributed by atoms with Crippen molar-refractivity contribution in [3.05, 3.63) is 23.7 Å². The molecule has 1 fully saturated rings. The Morgan fingerprint density at radius 3 is 2.89 bits per heavy atom. The Hall–Kier alpha value is -1.63. The standard InChI is InChI=1S/C12H16N2O4S/c1-7-3-4-9(18-7)5-13-12(17)14-8(2)19-6-10(14)11(15)16/h3-4,8,10H,5-6H2,1-2H3,(H,13,17)(H,15,16). The normalized spacial score (nSPS) is 22.5. The number of amides is 2. The van der Waals surface area contributed by atoms with Crippen molar-refractivity contribution in [2.24, 2.45) is 0 Å². The first-order valence-corrected chi connectivity index (χ1v) is 7.00. The molecule has 1 saturated heterocycles. The van der Waals surface area contributed by atoms with E-state index in [1.54, 1.807) is 6.07 Å². The van der Waals surface area contributed by atoms with E-state index in [2.05, 4.69) is 5.32 Å². The second kappa shape index (κ2) is 5.56. The maximum absolute atomic E-state index is 12.0. The number of rotatable bonds is 3. The summed E-state index contributed by atoms with van der Waals surface area (Å²) < 4.78 is 5.34. The monoisotopic (exact) mass is 284 g/mol. The zero-order valence-corrected chi connectivity index (χ0v) is 11.6. The van der Waals surface area contributed by atoms with Crippen molar-refractivity contribution in [3.8, 4) is 0 Å². The first kappa shape index (κ1) is 13.8. The van der Waals surface area contributed by atoms with Gasteiger partial charge in [-0.25, -0.2) is 9.59 Å². The zero-order valence-electron chi connectivity index (χ0n) is 10.8. The summed E-state index contributed by atoms with van der Waals surface area (Å²) in [5.74, 6) is 0.875. The molecule has 1 aromatic rings. The van der Waals surface area contributed by atoms with Gasteiger partial charge >= 0.3 is 12.0 Å². The molecule has 2 amide bonds. The van der Waals surface area contributed by atoms with E-state index in [1.165, 1.54) is 16.7 Å². The van der Waals surface area contributed by atoms with Gasteiger partial charge < -0.3 is 14.8 Å². The lowest BCUT2D eigenvalue weighted by atomic mass is 10.3. The second-order valence-electron chi connectivity index (χ2n) is 4.37. The van der Waals surface area contributed by atoms with Crippen LogP contribution in [0.5, 0.6) is 0 Å². The van der Waals surface area contributed by atoms with Crippen molar-refractivity contribution in [1.29, 1.82) is 0 Å². The van der Waals surface area contributed by atoms with Gasteiger partial charge in [0.05, 0.1) is 11.9 Å². The highest BCUT2D eigenvalue weighted by atomic mass is 32.2. The number of carboxylic acids is 1. The van der Waals surface area contributed by atoms with Crippen molar-refractivity contribution >= 4 is 23.8 Å². The fourth-order valence-corrected chi connectivity index (χ4v) is 3.14. The number of urea groups is 1. The van der Waals surface area contributed by atoms with Gasteiger partial charge in [-0.05, 0) is 26.0 Å². The minimum atomic E-state index is -0.971. The minimum Gasteiger partial charge on any atom is -0.480 e. The predicted octanol–water partition coefficient (Wildman–Crippen LogP) is 1.65. The topological polar surface area (TPSA) is 82.8 Å². The number of hydrogen-bond donors (Lipinski definition) is 2. The highest BCUT2D eigenvalue weighted by molar-refractivity contribution is 8.00. The van der Waals surface area contributed by atoms with Crippen molar-refractivity contribution in [2.75, 3.05) is 5.75 Å². The van der Waals surface area contributed by atoms with E-state index in [4.69, 9.17) is 9.52 Å². The Bertz CT molecular complexity index is 488. The molecule has 2 unspecified atom stereocenters. The third kappa shape index (κ3) is 3.04. The third-order valence-electron chi connectivity index (χ3n) is 2.95. The second-order valence-corrected chi connectivity index (χ2v) is 5.71. The van der Waals surface area contributed by atoms with Crippen LogP contribution in [0, 0.1) is 6.92 Å². The Kier molecular flexibility index (Phi) is 4.04. The van der Waals surface area contributed by atoms with Gasteiger partial charge in [-0.2, -0.15) is 0 Å². The van der Waals surface area contributed by atoms with Gasteiger partial charge in [0.1, 0.15) is 17.6 Å². The summed E-state index contributed by atoms with van der Waals surface area (Å²) in [7, 11) is 0. The lowest BCUT2D eigenvalue weighted by Crippen LogP contribution is -2.49. The highest BCUT2D eigenvalue weighted by Crippen LogP contribution is 2.28. The van der Waals surface area contributed by atoms with E-state index in [0.717, 1.165) is 5.76 Å². The summed E-state index contributed by atoms with van der Waals surface area (Å²) in [6, 6.07) is 2.46. The quantitative estimate of drug-likeness (QED) is 0.881. The molecule has 6 nitrogen and oxygen atoms in total. The largest absolute Gasteiger partial charge is 0.480 e. The van der Waals surface area contributed by atoms with E-state index in [9.17, 15) is 9.59 Å². The van der Waals surface area contributed by atoms with Gasteiger partial charge in [0.15, 0.2) is 0 Å². The van der Waals surface area contributed by atoms with Gasteiger partial charge in [0, 0.05) is 5.75 Å². The Balaban J connectivity index is 1.96. The number of nitrogens with zero attached hydrogens (tertiary/aromatic N) is 1. The average molecular weight is 284 g/mol. The molecule has 0 aromatic carbocycles. The van der Waals surface area contributed by atoms with Crippen LogP contribution >= 0.6 is 11.8 Å². The molecular weight excluding hydrogens is 268 g/mol. The van der Waals surface area contributed by atoms with Crippen LogP contribution in [0.15, 0.2) is 16.5 Å². The Morgan fingerprint density at radius 2 is 2.32 bits per heavy atom. The van der Waals surface area contributed by atoms with Gasteiger partial charge in [-0.1, -0.05) is 0 Å². The number of aryl methyl sites for hydroxylation is 1. The molecule has 1 aromatic heterocycles. The first-order valence-electron chi connectivity index (χ1n) is 5.95. The molecule has 104 valence electrons. The van der Waals surface area contributed by atoms with Crippen LogP contribution in [0.1, 0.15) is 18.4 Å². The number of carbonyl (C=O) groups is 2. The SMILES string of the molecule is Cc1ccc(CNC(=O)N2C(C)SCC2C(=O)O)o1. The fourth-order valence-electron chi connectivity index (χ4n) is 1.98. The zero-order chi connectivity index (χ0) is 14.0. The molecule has 19 heavy (non-hydrogen) atoms. The molecule has 0 radical (unpaired) electrons. The molecule has 2 rings (SSSR count). The molecule has 1 aliphatic rings.